The third-order valence-corrected chi connectivity index (χ3v) is 4.87. The van der Waals surface area contributed by atoms with Crippen LogP contribution >= 0.6 is 27.3 Å². The number of halogens is 3. The molecule has 21 heavy (non-hydrogen) atoms. The van der Waals surface area contributed by atoms with Crippen LogP contribution in [0.3, 0.4) is 0 Å². The number of alkyl halides is 2. The van der Waals surface area contributed by atoms with Gasteiger partial charge in [0.05, 0.1) is 18.8 Å². The molecule has 0 spiro atoms. The zero-order chi connectivity index (χ0) is 15.4. The Morgan fingerprint density at radius 2 is 2.05 bits per heavy atom. The van der Waals surface area contributed by atoms with E-state index in [0.29, 0.717) is 11.4 Å². The molecule has 0 saturated carbocycles. The van der Waals surface area contributed by atoms with Gasteiger partial charge in [0.25, 0.3) is 0 Å². The first-order valence-corrected chi connectivity index (χ1v) is 7.80. The van der Waals surface area contributed by atoms with Crippen LogP contribution in [0, 0.1) is 0 Å². The molecule has 1 atom stereocenters. The molecule has 0 aliphatic rings. The van der Waals surface area contributed by atoms with Crippen molar-refractivity contribution in [3.63, 3.8) is 0 Å². The molecule has 0 aliphatic heterocycles. The minimum Gasteiger partial charge on any atom is -0.497 e. The molecule has 0 aliphatic carbocycles. The van der Waals surface area contributed by atoms with E-state index in [0.717, 1.165) is 9.35 Å². The summed E-state index contributed by atoms with van der Waals surface area (Å²) in [5, 5.41) is 5.13. The molecule has 0 bridgehead atoms. The van der Waals surface area contributed by atoms with Crippen molar-refractivity contribution in [3.8, 4) is 11.5 Å². The van der Waals surface area contributed by atoms with E-state index in [2.05, 4.69) is 26.0 Å². The molecular weight excluding hydrogens is 364 g/mol. The molecule has 1 unspecified atom stereocenters. The van der Waals surface area contributed by atoms with E-state index in [9.17, 15) is 8.78 Å². The Balaban J connectivity index is 2.26. The highest BCUT2D eigenvalue weighted by molar-refractivity contribution is 9.10. The Labute approximate surface area is 134 Å². The Kier molecular flexibility index (Phi) is 5.41. The van der Waals surface area contributed by atoms with Crippen molar-refractivity contribution in [2.75, 3.05) is 12.4 Å². The van der Waals surface area contributed by atoms with Crippen molar-refractivity contribution in [1.29, 1.82) is 0 Å². The van der Waals surface area contributed by atoms with E-state index < -0.39 is 6.61 Å². The van der Waals surface area contributed by atoms with Gasteiger partial charge in [0.2, 0.25) is 0 Å². The first kappa shape index (κ1) is 16.0. The van der Waals surface area contributed by atoms with Crippen LogP contribution in [0.25, 0.3) is 0 Å². The van der Waals surface area contributed by atoms with Crippen LogP contribution in [0.15, 0.2) is 34.1 Å². The van der Waals surface area contributed by atoms with Crippen LogP contribution in [-0.2, 0) is 0 Å². The number of methoxy groups -OCH3 is 1. The Morgan fingerprint density at radius 1 is 1.29 bits per heavy atom. The van der Waals surface area contributed by atoms with Gasteiger partial charge in [-0.15, -0.1) is 11.3 Å². The van der Waals surface area contributed by atoms with Crippen LogP contribution in [0.2, 0.25) is 0 Å². The second-order valence-corrected chi connectivity index (χ2v) is 6.04. The molecule has 2 aromatic rings. The first-order valence-electron chi connectivity index (χ1n) is 6.13. The maximum absolute atomic E-state index is 12.5. The summed E-state index contributed by atoms with van der Waals surface area (Å²) in [5.41, 5.74) is 0.461. The number of benzene rings is 1. The molecule has 114 valence electrons. The predicted molar refractivity (Wildman–Crippen MR) is 83.7 cm³/mol. The maximum Gasteiger partial charge on any atom is 0.387 e. The topological polar surface area (TPSA) is 30.5 Å². The van der Waals surface area contributed by atoms with Crippen LogP contribution in [0.4, 0.5) is 14.5 Å². The van der Waals surface area contributed by atoms with E-state index in [1.807, 2.05) is 18.4 Å². The van der Waals surface area contributed by atoms with Crippen molar-refractivity contribution >= 4 is 33.0 Å². The number of thiophene rings is 1. The van der Waals surface area contributed by atoms with Crippen LogP contribution in [0.1, 0.15) is 17.8 Å². The number of nitrogens with one attached hydrogen (secondary N) is 1. The van der Waals surface area contributed by atoms with E-state index >= 15 is 0 Å². The van der Waals surface area contributed by atoms with E-state index in [4.69, 9.17) is 4.74 Å². The molecule has 7 heteroatoms. The second kappa shape index (κ2) is 7.09. The van der Waals surface area contributed by atoms with Crippen molar-refractivity contribution in [1.82, 2.24) is 0 Å². The zero-order valence-corrected chi connectivity index (χ0v) is 13.8. The van der Waals surface area contributed by atoms with E-state index in [1.165, 1.54) is 13.2 Å². The highest BCUT2D eigenvalue weighted by atomic mass is 79.9. The third kappa shape index (κ3) is 4.07. The van der Waals surface area contributed by atoms with Gasteiger partial charge in [0, 0.05) is 15.4 Å². The molecule has 2 rings (SSSR count). The van der Waals surface area contributed by atoms with Crippen molar-refractivity contribution < 1.29 is 18.3 Å². The molecule has 1 aromatic carbocycles. The number of hydrogen-bond donors (Lipinski definition) is 1. The van der Waals surface area contributed by atoms with Gasteiger partial charge in [-0.1, -0.05) is 0 Å². The SMILES string of the molecule is COc1ccc(OC(F)F)c(NC(C)c2sccc2Br)c1. The molecule has 0 fully saturated rings. The highest BCUT2D eigenvalue weighted by Crippen LogP contribution is 2.36. The molecule has 1 N–H and O–H groups in total. The summed E-state index contributed by atoms with van der Waals surface area (Å²) in [5.74, 6) is 0.655. The first-order chi connectivity index (χ1) is 10.0. The van der Waals surface area contributed by atoms with Crippen LogP contribution in [-0.4, -0.2) is 13.7 Å². The molecule has 0 saturated heterocycles. The number of rotatable bonds is 6. The third-order valence-electron chi connectivity index (χ3n) is 2.81. The standard InChI is InChI=1S/C14H14BrF2NO2S/c1-8(13-10(15)5-6-21-13)18-11-7-9(19-2)3-4-12(11)20-14(16)17/h3-8,14,18H,1-2H3. The Morgan fingerprint density at radius 3 is 2.62 bits per heavy atom. The van der Waals surface area contributed by atoms with Gasteiger partial charge in [-0.2, -0.15) is 8.78 Å². The lowest BCUT2D eigenvalue weighted by molar-refractivity contribution is -0.0494. The van der Waals surface area contributed by atoms with E-state index in [1.54, 1.807) is 23.5 Å². The summed E-state index contributed by atoms with van der Waals surface area (Å²) < 4.78 is 35.6. The van der Waals surface area contributed by atoms with Gasteiger partial charge in [-0.25, -0.2) is 0 Å². The van der Waals surface area contributed by atoms with Crippen molar-refractivity contribution in [2.45, 2.75) is 19.6 Å². The fraction of sp³-hybridized carbons (Fsp3) is 0.286. The minimum atomic E-state index is -2.87. The second-order valence-electron chi connectivity index (χ2n) is 4.24. The lowest BCUT2D eigenvalue weighted by atomic mass is 10.2. The van der Waals surface area contributed by atoms with Gasteiger partial charge in [0.1, 0.15) is 11.5 Å². The van der Waals surface area contributed by atoms with Gasteiger partial charge in [-0.3, -0.25) is 0 Å². The Bertz CT molecular complexity index is 606. The fourth-order valence-electron chi connectivity index (χ4n) is 1.86. The van der Waals surface area contributed by atoms with Crippen LogP contribution < -0.4 is 14.8 Å². The summed E-state index contributed by atoms with van der Waals surface area (Å²) in [6.07, 6.45) is 0. The Hall–Kier alpha value is -1.34. The minimum absolute atomic E-state index is 0.0634. The molecule has 1 aromatic heterocycles. The quantitative estimate of drug-likeness (QED) is 0.741. The lowest BCUT2D eigenvalue weighted by Gasteiger charge is -2.18. The van der Waals surface area contributed by atoms with Gasteiger partial charge in [0.15, 0.2) is 0 Å². The smallest absolute Gasteiger partial charge is 0.387 e. The zero-order valence-electron chi connectivity index (χ0n) is 11.4. The number of anilines is 1. The molecule has 1 heterocycles. The normalized spacial score (nSPS) is 12.3. The highest BCUT2D eigenvalue weighted by Gasteiger charge is 2.16. The van der Waals surface area contributed by atoms with Gasteiger partial charge >= 0.3 is 6.61 Å². The molecule has 0 amide bonds. The summed E-state index contributed by atoms with van der Waals surface area (Å²) in [6, 6.07) is 6.56. The summed E-state index contributed by atoms with van der Waals surface area (Å²) in [6.45, 7) is -0.926. The number of hydrogen-bond acceptors (Lipinski definition) is 4. The van der Waals surface area contributed by atoms with E-state index in [-0.39, 0.29) is 11.8 Å². The van der Waals surface area contributed by atoms with Gasteiger partial charge in [-0.05, 0) is 46.4 Å². The molecular formula is C14H14BrF2NO2S. The summed E-state index contributed by atoms with van der Waals surface area (Å²) in [7, 11) is 1.52. The molecule has 0 radical (unpaired) electrons. The van der Waals surface area contributed by atoms with Crippen LogP contribution in [0.5, 0.6) is 11.5 Å². The fourth-order valence-corrected chi connectivity index (χ4v) is 3.59. The largest absolute Gasteiger partial charge is 0.497 e. The van der Waals surface area contributed by atoms with Crippen molar-refractivity contribution in [2.24, 2.45) is 0 Å². The summed E-state index contributed by atoms with van der Waals surface area (Å²) >= 11 is 5.04. The summed E-state index contributed by atoms with van der Waals surface area (Å²) in [4.78, 5) is 1.07. The van der Waals surface area contributed by atoms with Crippen molar-refractivity contribution in [3.05, 3.63) is 39.0 Å². The average Bonchev–Trinajstić information content (AvgIpc) is 2.86. The maximum atomic E-state index is 12.5. The van der Waals surface area contributed by atoms with Gasteiger partial charge < -0.3 is 14.8 Å². The monoisotopic (exact) mass is 377 g/mol. The lowest BCUT2D eigenvalue weighted by Crippen LogP contribution is -2.09. The average molecular weight is 378 g/mol. The molecule has 3 nitrogen and oxygen atoms in total. The number of ether oxygens (including phenoxy) is 2. The predicted octanol–water partition coefficient (Wildman–Crippen LogP) is 5.29.